The molecule has 3 aromatic carbocycles. The lowest BCUT2D eigenvalue weighted by atomic mass is 9.93. The SMILES string of the molecule is CCN(CC)C(=O)C1=C(C)N=c2s/c(=C/c3ccc(OCc4ccccc4C#N)c(OC)c3)c(=O)n2[C@@H]1c1cc(OC)ccc1OC. The van der Waals surface area contributed by atoms with Gasteiger partial charge in [-0.2, -0.15) is 5.26 Å². The molecule has 1 aromatic heterocycles. The van der Waals surface area contributed by atoms with Crippen molar-refractivity contribution < 1.29 is 23.7 Å². The summed E-state index contributed by atoms with van der Waals surface area (Å²) in [5.41, 5.74) is 3.27. The molecule has 0 unspecified atom stereocenters. The summed E-state index contributed by atoms with van der Waals surface area (Å²) in [6.45, 7) is 6.84. The molecule has 242 valence electrons. The molecular weight excluding hydrogens is 616 g/mol. The van der Waals surface area contributed by atoms with Crippen molar-refractivity contribution in [2.45, 2.75) is 33.4 Å². The zero-order chi connectivity index (χ0) is 33.7. The summed E-state index contributed by atoms with van der Waals surface area (Å²) in [4.78, 5) is 35.2. The number of carbonyl (C=O) groups is 1. The van der Waals surface area contributed by atoms with Gasteiger partial charge in [0, 0.05) is 24.2 Å². The average molecular weight is 653 g/mol. The highest BCUT2D eigenvalue weighted by atomic mass is 32.1. The van der Waals surface area contributed by atoms with E-state index in [-0.39, 0.29) is 18.1 Å². The van der Waals surface area contributed by atoms with Gasteiger partial charge in [-0.3, -0.25) is 14.2 Å². The summed E-state index contributed by atoms with van der Waals surface area (Å²) < 4.78 is 24.9. The Kier molecular flexibility index (Phi) is 10.1. The van der Waals surface area contributed by atoms with Crippen LogP contribution in [0.1, 0.15) is 49.1 Å². The van der Waals surface area contributed by atoms with E-state index in [2.05, 4.69) is 6.07 Å². The molecule has 0 spiro atoms. The quantitative estimate of drug-likeness (QED) is 0.233. The Bertz CT molecular complexity index is 2070. The molecule has 10 nitrogen and oxygen atoms in total. The van der Waals surface area contributed by atoms with E-state index in [9.17, 15) is 14.9 Å². The number of nitrogens with zero attached hydrogens (tertiary/aromatic N) is 4. The second-order valence-electron chi connectivity index (χ2n) is 10.6. The molecule has 4 aromatic rings. The number of ether oxygens (including phenoxy) is 4. The number of fused-ring (bicyclic) bond motifs is 1. The zero-order valence-corrected chi connectivity index (χ0v) is 28.0. The summed E-state index contributed by atoms with van der Waals surface area (Å²) in [7, 11) is 4.66. The maximum atomic E-state index is 14.3. The number of amides is 1. The van der Waals surface area contributed by atoms with E-state index < -0.39 is 6.04 Å². The molecule has 0 radical (unpaired) electrons. The molecule has 2 heterocycles. The van der Waals surface area contributed by atoms with Crippen LogP contribution in [0.2, 0.25) is 0 Å². The number of benzene rings is 3. The molecule has 1 aliphatic rings. The van der Waals surface area contributed by atoms with Gasteiger partial charge < -0.3 is 23.8 Å². The van der Waals surface area contributed by atoms with Crippen molar-refractivity contribution in [2.24, 2.45) is 4.99 Å². The zero-order valence-electron chi connectivity index (χ0n) is 27.2. The van der Waals surface area contributed by atoms with Crippen molar-refractivity contribution in [1.29, 1.82) is 5.26 Å². The summed E-state index contributed by atoms with van der Waals surface area (Å²) in [6.07, 6.45) is 1.77. The van der Waals surface area contributed by atoms with Gasteiger partial charge in [0.05, 0.1) is 48.8 Å². The fourth-order valence-corrected chi connectivity index (χ4v) is 6.63. The van der Waals surface area contributed by atoms with E-state index in [1.54, 1.807) is 80.2 Å². The molecule has 0 saturated carbocycles. The van der Waals surface area contributed by atoms with Gasteiger partial charge in [0.15, 0.2) is 16.3 Å². The first kappa shape index (κ1) is 33.0. The van der Waals surface area contributed by atoms with Crippen molar-refractivity contribution in [2.75, 3.05) is 34.4 Å². The predicted molar refractivity (Wildman–Crippen MR) is 180 cm³/mol. The first-order chi connectivity index (χ1) is 22.8. The van der Waals surface area contributed by atoms with Crippen LogP contribution >= 0.6 is 11.3 Å². The van der Waals surface area contributed by atoms with Gasteiger partial charge in [-0.25, -0.2) is 4.99 Å². The monoisotopic (exact) mass is 652 g/mol. The fraction of sp³-hybridized carbons (Fsp3) is 0.278. The van der Waals surface area contributed by atoms with Crippen LogP contribution in [0.4, 0.5) is 0 Å². The molecule has 0 saturated heterocycles. The molecule has 47 heavy (non-hydrogen) atoms. The first-order valence-electron chi connectivity index (χ1n) is 15.1. The minimum absolute atomic E-state index is 0.194. The smallest absolute Gasteiger partial charge is 0.271 e. The number of carbonyl (C=O) groups excluding carboxylic acids is 1. The second kappa shape index (κ2) is 14.4. The van der Waals surface area contributed by atoms with Crippen LogP contribution in [0, 0.1) is 11.3 Å². The number of hydrogen-bond donors (Lipinski definition) is 0. The third kappa shape index (κ3) is 6.50. The van der Waals surface area contributed by atoms with Crippen LogP contribution in [-0.4, -0.2) is 49.8 Å². The number of nitriles is 1. The topological polar surface area (TPSA) is 115 Å². The molecule has 1 atom stereocenters. The lowest BCUT2D eigenvalue weighted by Crippen LogP contribution is -2.43. The van der Waals surface area contributed by atoms with Gasteiger partial charge in [0.1, 0.15) is 24.1 Å². The molecule has 0 N–H and O–H groups in total. The van der Waals surface area contributed by atoms with Crippen LogP contribution in [0.3, 0.4) is 0 Å². The van der Waals surface area contributed by atoms with Crippen LogP contribution in [0.5, 0.6) is 23.0 Å². The molecule has 0 bridgehead atoms. The summed E-state index contributed by atoms with van der Waals surface area (Å²) in [5.74, 6) is 1.86. The molecular formula is C36H36N4O6S. The van der Waals surface area contributed by atoms with Gasteiger partial charge in [0.2, 0.25) is 0 Å². The lowest BCUT2D eigenvalue weighted by Gasteiger charge is -2.30. The van der Waals surface area contributed by atoms with Gasteiger partial charge in [-0.1, -0.05) is 35.6 Å². The normalized spacial score (nSPS) is 14.1. The Balaban J connectivity index is 1.61. The summed E-state index contributed by atoms with van der Waals surface area (Å²) >= 11 is 1.24. The van der Waals surface area contributed by atoms with E-state index in [4.69, 9.17) is 23.9 Å². The highest BCUT2D eigenvalue weighted by Gasteiger charge is 2.36. The Labute approximate surface area is 277 Å². The van der Waals surface area contributed by atoms with Crippen LogP contribution < -0.4 is 33.8 Å². The van der Waals surface area contributed by atoms with Crippen LogP contribution in [-0.2, 0) is 11.4 Å². The van der Waals surface area contributed by atoms with E-state index in [1.165, 1.54) is 11.3 Å². The van der Waals surface area contributed by atoms with E-state index in [1.807, 2.05) is 38.1 Å². The molecule has 11 heteroatoms. The van der Waals surface area contributed by atoms with Crippen LogP contribution in [0.25, 0.3) is 6.08 Å². The summed E-state index contributed by atoms with van der Waals surface area (Å²) in [5, 5.41) is 9.41. The van der Waals surface area contributed by atoms with Crippen molar-refractivity contribution in [3.63, 3.8) is 0 Å². The number of methoxy groups -OCH3 is 3. The number of likely N-dealkylation sites (N-methyl/N-ethyl adjacent to an activating group) is 1. The number of allylic oxidation sites excluding steroid dienone is 1. The maximum Gasteiger partial charge on any atom is 0.271 e. The molecule has 1 aliphatic heterocycles. The van der Waals surface area contributed by atoms with Crippen molar-refractivity contribution in [3.05, 3.63) is 114 Å². The third-order valence-corrected chi connectivity index (χ3v) is 9.02. The second-order valence-corrected chi connectivity index (χ2v) is 11.6. The van der Waals surface area contributed by atoms with Gasteiger partial charge in [0.25, 0.3) is 11.5 Å². The lowest BCUT2D eigenvalue weighted by molar-refractivity contribution is -0.127. The Morgan fingerprint density at radius 3 is 2.40 bits per heavy atom. The van der Waals surface area contributed by atoms with Gasteiger partial charge in [-0.15, -0.1) is 0 Å². The maximum absolute atomic E-state index is 14.3. The Morgan fingerprint density at radius 2 is 1.72 bits per heavy atom. The third-order valence-electron chi connectivity index (χ3n) is 8.04. The minimum atomic E-state index is -0.798. The molecule has 1 amide bonds. The average Bonchev–Trinajstić information content (AvgIpc) is 3.40. The minimum Gasteiger partial charge on any atom is -0.497 e. The summed E-state index contributed by atoms with van der Waals surface area (Å²) in [6, 6.07) is 19.4. The van der Waals surface area contributed by atoms with Gasteiger partial charge >= 0.3 is 0 Å². The number of hydrogen-bond acceptors (Lipinski definition) is 9. The van der Waals surface area contributed by atoms with Gasteiger partial charge in [-0.05, 0) is 68.8 Å². The molecule has 0 fully saturated rings. The predicted octanol–water partition coefficient (Wildman–Crippen LogP) is 4.58. The van der Waals surface area contributed by atoms with Crippen molar-refractivity contribution in [3.8, 4) is 29.1 Å². The molecule has 0 aliphatic carbocycles. The van der Waals surface area contributed by atoms with E-state index >= 15 is 0 Å². The largest absolute Gasteiger partial charge is 0.497 e. The Hall–Kier alpha value is -5.34. The van der Waals surface area contributed by atoms with E-state index in [0.717, 1.165) is 5.56 Å². The highest BCUT2D eigenvalue weighted by Crippen LogP contribution is 2.38. The van der Waals surface area contributed by atoms with Crippen molar-refractivity contribution >= 4 is 23.3 Å². The van der Waals surface area contributed by atoms with Crippen molar-refractivity contribution in [1.82, 2.24) is 9.47 Å². The fourth-order valence-electron chi connectivity index (χ4n) is 5.58. The first-order valence-corrected chi connectivity index (χ1v) is 15.9. The molecule has 5 rings (SSSR count). The number of thiazole rings is 1. The Morgan fingerprint density at radius 1 is 1.00 bits per heavy atom. The van der Waals surface area contributed by atoms with E-state index in [0.29, 0.717) is 73.4 Å². The highest BCUT2D eigenvalue weighted by molar-refractivity contribution is 7.07. The standard InChI is InChI=1S/C36H36N4O6S/c1-7-39(8-2)35(42)32-22(3)38-36-40(33(32)27-19-26(43-4)14-16-28(27)44-5)34(41)31(47-36)18-23-13-15-29(30(17-23)45-6)46-21-25-12-10-9-11-24(25)20-37/h9-19,33H,7-8,21H2,1-6H3/b31-18+/t33-/m1/s1. The van der Waals surface area contributed by atoms with Crippen LogP contribution in [0.15, 0.2) is 81.7 Å². The number of aromatic nitrogens is 1. The number of rotatable bonds is 11.